The molecular formula is C29H29FN4O2. The number of halogens is 1. The van der Waals surface area contributed by atoms with E-state index in [1.54, 1.807) is 29.8 Å². The minimum Gasteiger partial charge on any atom is -0.329 e. The molecule has 6 nitrogen and oxygen atoms in total. The van der Waals surface area contributed by atoms with Gasteiger partial charge in [-0.1, -0.05) is 80.6 Å². The van der Waals surface area contributed by atoms with Gasteiger partial charge in [0.1, 0.15) is 12.4 Å². The van der Waals surface area contributed by atoms with Gasteiger partial charge >= 0.3 is 0 Å². The third kappa shape index (κ3) is 5.86. The first-order chi connectivity index (χ1) is 17.3. The zero-order valence-electron chi connectivity index (χ0n) is 20.6. The molecule has 0 atom stereocenters. The van der Waals surface area contributed by atoms with E-state index < -0.39 is 0 Å². The van der Waals surface area contributed by atoms with Gasteiger partial charge < -0.3 is 4.90 Å². The second kappa shape index (κ2) is 11.0. The molecule has 0 radical (unpaired) electrons. The van der Waals surface area contributed by atoms with Crippen molar-refractivity contribution in [3.05, 3.63) is 102 Å². The van der Waals surface area contributed by atoms with Crippen molar-refractivity contribution in [3.8, 4) is 16.9 Å². The largest absolute Gasteiger partial charge is 0.329 e. The van der Waals surface area contributed by atoms with Crippen molar-refractivity contribution in [2.75, 3.05) is 11.9 Å². The number of anilines is 1. The van der Waals surface area contributed by atoms with E-state index >= 15 is 0 Å². The molecule has 0 aliphatic heterocycles. The van der Waals surface area contributed by atoms with Crippen LogP contribution in [0.3, 0.4) is 0 Å². The van der Waals surface area contributed by atoms with Gasteiger partial charge in [0, 0.05) is 24.2 Å². The summed E-state index contributed by atoms with van der Waals surface area (Å²) in [5.74, 6) is -0.874. The Kier molecular flexibility index (Phi) is 7.59. The summed E-state index contributed by atoms with van der Waals surface area (Å²) in [6.07, 6.45) is 1.76. The minimum atomic E-state index is -0.390. The van der Waals surface area contributed by atoms with Crippen LogP contribution in [0.15, 0.2) is 85.1 Å². The van der Waals surface area contributed by atoms with Gasteiger partial charge in [0.25, 0.3) is 0 Å². The third-order valence-electron chi connectivity index (χ3n) is 5.82. The van der Waals surface area contributed by atoms with Crippen molar-refractivity contribution < 1.29 is 14.0 Å². The highest BCUT2D eigenvalue weighted by atomic mass is 19.1. The normalized spacial score (nSPS) is 10.9. The Labute approximate surface area is 210 Å². The summed E-state index contributed by atoms with van der Waals surface area (Å²) >= 11 is 0. The van der Waals surface area contributed by atoms with Crippen LogP contribution in [0.5, 0.6) is 0 Å². The Balaban J connectivity index is 1.63. The van der Waals surface area contributed by atoms with Crippen LogP contribution in [0.4, 0.5) is 10.3 Å². The molecule has 1 N–H and O–H groups in total. The number of aromatic nitrogens is 2. The number of carbonyl (C=O) groups is 2. The van der Waals surface area contributed by atoms with Gasteiger partial charge in [-0.2, -0.15) is 0 Å². The van der Waals surface area contributed by atoms with E-state index in [1.165, 1.54) is 11.0 Å². The highest BCUT2D eigenvalue weighted by molar-refractivity contribution is 5.94. The highest BCUT2D eigenvalue weighted by Crippen LogP contribution is 2.25. The fourth-order valence-electron chi connectivity index (χ4n) is 3.86. The fourth-order valence-corrected chi connectivity index (χ4v) is 3.86. The lowest BCUT2D eigenvalue weighted by Crippen LogP contribution is -2.40. The fraction of sp³-hybridized carbons (Fsp3) is 0.207. The van der Waals surface area contributed by atoms with Crippen molar-refractivity contribution in [2.45, 2.75) is 27.3 Å². The van der Waals surface area contributed by atoms with E-state index in [1.807, 2.05) is 74.5 Å². The van der Waals surface area contributed by atoms with E-state index in [-0.39, 0.29) is 36.0 Å². The van der Waals surface area contributed by atoms with Crippen LogP contribution in [0.2, 0.25) is 0 Å². The van der Waals surface area contributed by atoms with Crippen LogP contribution in [0, 0.1) is 18.7 Å². The Morgan fingerprint density at radius 2 is 1.67 bits per heavy atom. The Morgan fingerprint density at radius 1 is 1.00 bits per heavy atom. The van der Waals surface area contributed by atoms with Crippen LogP contribution < -0.4 is 5.32 Å². The number of rotatable bonds is 8. The SMILES string of the molecule is Cc1ccc(-n2cc(-c3ccccc3)nc2NC(=O)CN(Cc2ccccc2)C(=O)C(C)C)cc1F. The average Bonchev–Trinajstić information content (AvgIpc) is 3.29. The van der Waals surface area contributed by atoms with Crippen LogP contribution in [-0.2, 0) is 16.1 Å². The summed E-state index contributed by atoms with van der Waals surface area (Å²) in [7, 11) is 0. The molecule has 0 saturated carbocycles. The van der Waals surface area contributed by atoms with Crippen LogP contribution >= 0.6 is 0 Å². The Hall–Kier alpha value is -4.26. The first kappa shape index (κ1) is 24.9. The molecule has 0 spiro atoms. The summed E-state index contributed by atoms with van der Waals surface area (Å²) in [6.45, 7) is 5.49. The van der Waals surface area contributed by atoms with Crippen molar-refractivity contribution in [3.63, 3.8) is 0 Å². The summed E-state index contributed by atoms with van der Waals surface area (Å²) in [6, 6.07) is 23.9. The summed E-state index contributed by atoms with van der Waals surface area (Å²) in [5.41, 5.74) is 3.48. The lowest BCUT2D eigenvalue weighted by Gasteiger charge is -2.24. The van der Waals surface area contributed by atoms with Crippen molar-refractivity contribution in [1.29, 1.82) is 0 Å². The van der Waals surface area contributed by atoms with Crippen molar-refractivity contribution in [1.82, 2.24) is 14.5 Å². The summed E-state index contributed by atoms with van der Waals surface area (Å²) in [5, 5.41) is 2.84. The van der Waals surface area contributed by atoms with E-state index in [0.717, 1.165) is 11.1 Å². The molecule has 0 saturated heterocycles. The predicted molar refractivity (Wildman–Crippen MR) is 139 cm³/mol. The number of hydrogen-bond donors (Lipinski definition) is 1. The maximum Gasteiger partial charge on any atom is 0.246 e. The van der Waals surface area contributed by atoms with Gasteiger partial charge in [-0.3, -0.25) is 19.5 Å². The molecule has 4 rings (SSSR count). The van der Waals surface area contributed by atoms with Crippen LogP contribution in [-0.4, -0.2) is 32.8 Å². The molecule has 0 fully saturated rings. The number of nitrogens with one attached hydrogen (secondary N) is 1. The molecule has 0 unspecified atom stereocenters. The first-order valence-corrected chi connectivity index (χ1v) is 11.9. The molecule has 36 heavy (non-hydrogen) atoms. The van der Waals surface area contributed by atoms with Gasteiger partial charge in [-0.05, 0) is 30.2 Å². The van der Waals surface area contributed by atoms with Gasteiger partial charge in [0.2, 0.25) is 17.8 Å². The molecule has 3 aromatic carbocycles. The molecular weight excluding hydrogens is 455 g/mol. The number of amides is 2. The van der Waals surface area contributed by atoms with Crippen LogP contribution in [0.25, 0.3) is 16.9 Å². The van der Waals surface area contributed by atoms with Crippen LogP contribution in [0.1, 0.15) is 25.0 Å². The molecule has 0 bridgehead atoms. The quantitative estimate of drug-likeness (QED) is 0.354. The highest BCUT2D eigenvalue weighted by Gasteiger charge is 2.22. The van der Waals surface area contributed by atoms with E-state index in [2.05, 4.69) is 10.3 Å². The molecule has 4 aromatic rings. The number of hydrogen-bond acceptors (Lipinski definition) is 3. The molecule has 184 valence electrons. The molecule has 2 amide bonds. The average molecular weight is 485 g/mol. The van der Waals surface area contributed by atoms with Crippen molar-refractivity contribution in [2.24, 2.45) is 5.92 Å². The zero-order chi connectivity index (χ0) is 25.7. The number of imidazole rings is 1. The third-order valence-corrected chi connectivity index (χ3v) is 5.82. The molecule has 7 heteroatoms. The Bertz CT molecular complexity index is 1350. The molecule has 0 aliphatic carbocycles. The monoisotopic (exact) mass is 484 g/mol. The summed E-state index contributed by atoms with van der Waals surface area (Å²) in [4.78, 5) is 32.2. The standard InChI is InChI=1S/C29H29FN4O2/c1-20(2)28(36)33(17-22-10-6-4-7-11-22)19-27(35)32-29-31-26(23-12-8-5-9-13-23)18-34(29)24-15-14-21(3)25(30)16-24/h4-16,18,20H,17,19H2,1-3H3,(H,31,32,35). The first-order valence-electron chi connectivity index (χ1n) is 11.9. The molecule has 0 aliphatic rings. The molecule has 1 heterocycles. The van der Waals surface area contributed by atoms with Gasteiger partial charge in [-0.15, -0.1) is 0 Å². The number of aryl methyl sites for hydroxylation is 1. The summed E-state index contributed by atoms with van der Waals surface area (Å²) < 4.78 is 16.0. The number of nitrogens with zero attached hydrogens (tertiary/aromatic N) is 3. The second-order valence-electron chi connectivity index (χ2n) is 9.00. The second-order valence-corrected chi connectivity index (χ2v) is 9.00. The van der Waals surface area contributed by atoms with Gasteiger partial charge in [-0.25, -0.2) is 9.37 Å². The van der Waals surface area contributed by atoms with Gasteiger partial charge in [0.15, 0.2) is 0 Å². The maximum absolute atomic E-state index is 14.4. The van der Waals surface area contributed by atoms with E-state index in [0.29, 0.717) is 23.5 Å². The number of carbonyl (C=O) groups excluding carboxylic acids is 2. The number of benzene rings is 3. The molecule has 1 aromatic heterocycles. The Morgan fingerprint density at radius 3 is 2.31 bits per heavy atom. The lowest BCUT2D eigenvalue weighted by atomic mass is 10.1. The topological polar surface area (TPSA) is 67.2 Å². The minimum absolute atomic E-state index is 0.122. The van der Waals surface area contributed by atoms with E-state index in [9.17, 15) is 14.0 Å². The lowest BCUT2D eigenvalue weighted by molar-refractivity contribution is -0.138. The van der Waals surface area contributed by atoms with E-state index in [4.69, 9.17) is 0 Å². The smallest absolute Gasteiger partial charge is 0.246 e. The zero-order valence-corrected chi connectivity index (χ0v) is 20.6. The maximum atomic E-state index is 14.4. The predicted octanol–water partition coefficient (Wildman–Crippen LogP) is 5.61. The van der Waals surface area contributed by atoms with Gasteiger partial charge in [0.05, 0.1) is 11.4 Å². The van der Waals surface area contributed by atoms with Crippen molar-refractivity contribution >= 4 is 17.8 Å².